The summed E-state index contributed by atoms with van der Waals surface area (Å²) in [5, 5.41) is 24.0. The molecule has 0 aliphatic carbocycles. The Morgan fingerprint density at radius 1 is 1.21 bits per heavy atom. The molecule has 1 aliphatic rings. The molecule has 12 nitrogen and oxygen atoms in total. The van der Waals surface area contributed by atoms with Crippen LogP contribution in [-0.2, 0) is 4.74 Å². The minimum absolute atomic E-state index is 0.0895. The number of benzene rings is 2. The van der Waals surface area contributed by atoms with E-state index in [2.05, 4.69) is 9.97 Å². The molecule has 1 fully saturated rings. The van der Waals surface area contributed by atoms with Gasteiger partial charge < -0.3 is 29.0 Å². The lowest BCUT2D eigenvalue weighted by atomic mass is 10.1. The number of carbonyl (C=O) groups excluding carboxylic acids is 1. The van der Waals surface area contributed by atoms with Crippen LogP contribution in [0.1, 0.15) is 62.6 Å². The van der Waals surface area contributed by atoms with Crippen LogP contribution in [0.15, 0.2) is 42.5 Å². The number of halogens is 1. The summed E-state index contributed by atoms with van der Waals surface area (Å²) in [4.78, 5) is 35.6. The van der Waals surface area contributed by atoms with Gasteiger partial charge in [0.15, 0.2) is 11.2 Å². The summed E-state index contributed by atoms with van der Waals surface area (Å²) in [7, 11) is 1.39. The van der Waals surface area contributed by atoms with Gasteiger partial charge >= 0.3 is 5.69 Å². The smallest absolute Gasteiger partial charge is 0.323 e. The van der Waals surface area contributed by atoms with Crippen LogP contribution in [0.25, 0.3) is 11.3 Å². The van der Waals surface area contributed by atoms with Crippen LogP contribution >= 0.6 is 11.8 Å². The molecule has 2 heterocycles. The van der Waals surface area contributed by atoms with Gasteiger partial charge in [0.2, 0.25) is 11.6 Å². The maximum absolute atomic E-state index is 13.9. The number of thioether (sulfide) groups is 1. The molecule has 1 saturated heterocycles. The zero-order valence-corrected chi connectivity index (χ0v) is 28.0. The van der Waals surface area contributed by atoms with Crippen molar-refractivity contribution in [2.75, 3.05) is 32.6 Å². The summed E-state index contributed by atoms with van der Waals surface area (Å²) in [6.07, 6.45) is 1.48. The summed E-state index contributed by atoms with van der Waals surface area (Å²) in [6.45, 7) is 7.97. The molecular weight excluding hydrogens is 631 g/mol. The average Bonchev–Trinajstić information content (AvgIpc) is 3.44. The molecule has 3 atom stereocenters. The number of carbonyl (C=O) groups is 1. The van der Waals surface area contributed by atoms with Crippen molar-refractivity contribution < 1.29 is 38.2 Å². The average molecular weight is 673 g/mol. The molecule has 0 bridgehead atoms. The van der Waals surface area contributed by atoms with Crippen LogP contribution < -0.4 is 14.2 Å². The second kappa shape index (κ2) is 16.2. The number of aliphatic hydroxyl groups is 1. The number of rotatable bonds is 16. The molecule has 2 aromatic carbocycles. The molecule has 1 aromatic heterocycles. The van der Waals surface area contributed by atoms with E-state index in [4.69, 9.17) is 18.9 Å². The van der Waals surface area contributed by atoms with Crippen LogP contribution in [0, 0.1) is 22.9 Å². The number of methoxy groups -OCH3 is 1. The van der Waals surface area contributed by atoms with Crippen LogP contribution in [0.4, 0.5) is 10.1 Å². The molecule has 254 valence electrons. The van der Waals surface area contributed by atoms with E-state index in [1.807, 2.05) is 13.8 Å². The Balaban J connectivity index is 1.46. The highest BCUT2D eigenvalue weighted by atomic mass is 32.2. The van der Waals surface area contributed by atoms with E-state index in [1.54, 1.807) is 32.0 Å². The van der Waals surface area contributed by atoms with Gasteiger partial charge in [0.25, 0.3) is 5.91 Å². The van der Waals surface area contributed by atoms with E-state index in [-0.39, 0.29) is 48.6 Å². The Morgan fingerprint density at radius 3 is 2.62 bits per heavy atom. The third-order valence-electron chi connectivity index (χ3n) is 7.64. The molecule has 4 rings (SSSR count). The number of amides is 1. The standard InChI is InChI=1S/C33H41FN4O8S/c1-6-44-32(47-7-2)33(40)15-9-16-37(33)31(39)26-18-25(43-5)19-28(30(26)38(41)42)45-17-8-10-21(3)46-29-20-27(35-22(4)36-29)23-11-13-24(34)14-12-23/h11-14,18-21,32,40H,6-10,15-17H2,1-5H3/t21-,32?,33+/m1/s1. The molecule has 14 heteroatoms. The maximum atomic E-state index is 13.9. The summed E-state index contributed by atoms with van der Waals surface area (Å²) >= 11 is 1.37. The molecule has 0 spiro atoms. The number of aromatic nitrogens is 2. The fourth-order valence-corrected chi connectivity index (χ4v) is 6.51. The second-order valence-electron chi connectivity index (χ2n) is 11.0. The zero-order valence-electron chi connectivity index (χ0n) is 27.2. The lowest BCUT2D eigenvalue weighted by Gasteiger charge is -2.39. The van der Waals surface area contributed by atoms with Gasteiger partial charge in [0, 0.05) is 43.3 Å². The van der Waals surface area contributed by atoms with E-state index in [9.17, 15) is 24.4 Å². The van der Waals surface area contributed by atoms with E-state index >= 15 is 0 Å². The highest BCUT2D eigenvalue weighted by molar-refractivity contribution is 7.99. The molecule has 47 heavy (non-hydrogen) atoms. The van der Waals surface area contributed by atoms with Gasteiger partial charge in [-0.1, -0.05) is 6.92 Å². The van der Waals surface area contributed by atoms with Gasteiger partial charge in [-0.3, -0.25) is 14.9 Å². The van der Waals surface area contributed by atoms with Gasteiger partial charge in [-0.05, 0) is 70.1 Å². The van der Waals surface area contributed by atoms with Crippen molar-refractivity contribution >= 4 is 23.4 Å². The molecule has 1 unspecified atom stereocenters. The van der Waals surface area contributed by atoms with Gasteiger partial charge in [0.05, 0.1) is 30.4 Å². The molecule has 0 saturated carbocycles. The number of likely N-dealkylation sites (tertiary alicyclic amines) is 1. The lowest BCUT2D eigenvalue weighted by Crippen LogP contribution is -2.55. The number of nitro groups is 1. The molecule has 1 aliphatic heterocycles. The topological polar surface area (TPSA) is 146 Å². The predicted octanol–water partition coefficient (Wildman–Crippen LogP) is 6.17. The number of ether oxygens (including phenoxy) is 4. The fraction of sp³-hybridized carbons (Fsp3) is 0.485. The van der Waals surface area contributed by atoms with E-state index < -0.39 is 27.7 Å². The minimum atomic E-state index is -1.64. The summed E-state index contributed by atoms with van der Waals surface area (Å²) in [6, 6.07) is 10.3. The maximum Gasteiger partial charge on any atom is 0.323 e. The molecule has 0 radical (unpaired) electrons. The third kappa shape index (κ3) is 8.67. The lowest BCUT2D eigenvalue weighted by molar-refractivity contribution is -0.386. The van der Waals surface area contributed by atoms with Crippen molar-refractivity contribution in [3.63, 3.8) is 0 Å². The van der Waals surface area contributed by atoms with Gasteiger partial charge in [-0.25, -0.2) is 9.37 Å². The van der Waals surface area contributed by atoms with Crippen LogP contribution in [0.2, 0.25) is 0 Å². The SMILES string of the molecule is CCOC(SCC)[C@@]1(O)CCCN1C(=O)c1cc(OC)cc(OCCC[C@@H](C)Oc2cc(-c3ccc(F)cc3)nc(C)n2)c1[N+](=O)[O-]. The Morgan fingerprint density at radius 2 is 1.96 bits per heavy atom. The number of hydrogen-bond acceptors (Lipinski definition) is 11. The monoisotopic (exact) mass is 672 g/mol. The van der Waals surface area contributed by atoms with E-state index in [1.165, 1.54) is 48.0 Å². The Kier molecular flexibility index (Phi) is 12.4. The highest BCUT2D eigenvalue weighted by Gasteiger charge is 2.50. The van der Waals surface area contributed by atoms with Crippen LogP contribution in [-0.4, -0.2) is 80.7 Å². The Hall–Kier alpha value is -4.01. The number of nitrogens with zero attached hydrogens (tertiary/aromatic N) is 4. The summed E-state index contributed by atoms with van der Waals surface area (Å²) in [5.74, 6) is 0.545. The first-order chi connectivity index (χ1) is 22.5. The van der Waals surface area contributed by atoms with Crippen LogP contribution in [0.3, 0.4) is 0 Å². The first-order valence-corrected chi connectivity index (χ1v) is 16.6. The van der Waals surface area contributed by atoms with Gasteiger partial charge in [0.1, 0.15) is 23.0 Å². The van der Waals surface area contributed by atoms with Crippen molar-refractivity contribution in [3.8, 4) is 28.6 Å². The van der Waals surface area contributed by atoms with Gasteiger partial charge in [-0.2, -0.15) is 4.98 Å². The van der Waals surface area contributed by atoms with E-state index in [0.29, 0.717) is 49.0 Å². The predicted molar refractivity (Wildman–Crippen MR) is 175 cm³/mol. The molecule has 1 N–H and O–H groups in total. The summed E-state index contributed by atoms with van der Waals surface area (Å²) < 4.78 is 36.4. The number of aryl methyl sites for hydroxylation is 1. The van der Waals surface area contributed by atoms with Crippen molar-refractivity contribution in [2.24, 2.45) is 0 Å². The Labute approximate surface area is 277 Å². The Bertz CT molecular complexity index is 1540. The fourth-order valence-electron chi connectivity index (χ4n) is 5.46. The van der Waals surface area contributed by atoms with Crippen molar-refractivity contribution in [3.05, 3.63) is 69.8 Å². The molecular formula is C33H41FN4O8S. The third-order valence-corrected chi connectivity index (χ3v) is 8.79. The van der Waals surface area contributed by atoms with Crippen molar-refractivity contribution in [2.45, 2.75) is 70.6 Å². The highest BCUT2D eigenvalue weighted by Crippen LogP contribution is 2.41. The summed E-state index contributed by atoms with van der Waals surface area (Å²) in [5.41, 5.74) is -1.77. The first-order valence-electron chi connectivity index (χ1n) is 15.6. The number of hydrogen-bond donors (Lipinski definition) is 1. The van der Waals surface area contributed by atoms with Gasteiger partial charge in [-0.15, -0.1) is 11.8 Å². The second-order valence-corrected chi connectivity index (χ2v) is 12.4. The largest absolute Gasteiger partial charge is 0.497 e. The quantitative estimate of drug-likeness (QED) is 0.0806. The van der Waals surface area contributed by atoms with Crippen molar-refractivity contribution in [1.29, 1.82) is 0 Å². The van der Waals surface area contributed by atoms with Crippen molar-refractivity contribution in [1.82, 2.24) is 14.9 Å². The first kappa shape index (κ1) is 35.8. The minimum Gasteiger partial charge on any atom is -0.497 e. The molecule has 3 aromatic rings. The number of nitro benzene ring substituents is 1. The van der Waals surface area contributed by atoms with Crippen LogP contribution in [0.5, 0.6) is 17.4 Å². The molecule has 1 amide bonds. The zero-order chi connectivity index (χ0) is 34.1. The van der Waals surface area contributed by atoms with E-state index in [0.717, 1.165) is 5.56 Å². The normalized spacial score (nSPS) is 17.3.